The predicted molar refractivity (Wildman–Crippen MR) is 79.3 cm³/mol. The van der Waals surface area contributed by atoms with E-state index in [9.17, 15) is 18.9 Å². The van der Waals surface area contributed by atoms with Crippen LogP contribution in [0.1, 0.15) is 11.1 Å². The Morgan fingerprint density at radius 2 is 2.09 bits per heavy atom. The van der Waals surface area contributed by atoms with Crippen LogP contribution in [0.25, 0.3) is 0 Å². The molecular formula is C15H11F2NO4S. The van der Waals surface area contributed by atoms with Crippen molar-refractivity contribution >= 4 is 17.4 Å². The molecule has 0 saturated carbocycles. The van der Waals surface area contributed by atoms with Gasteiger partial charge >= 0.3 is 0 Å². The van der Waals surface area contributed by atoms with Crippen molar-refractivity contribution in [3.8, 4) is 5.75 Å². The quantitative estimate of drug-likeness (QED) is 0.478. The van der Waals surface area contributed by atoms with Gasteiger partial charge in [0.1, 0.15) is 17.4 Å². The van der Waals surface area contributed by atoms with E-state index in [-0.39, 0.29) is 29.7 Å². The average molecular weight is 339 g/mol. The fourth-order valence-corrected chi connectivity index (χ4v) is 3.16. The number of halogens is 2. The molecule has 0 fully saturated rings. The number of hydrogen-bond donors (Lipinski definition) is 0. The van der Waals surface area contributed by atoms with Crippen LogP contribution in [0, 0.1) is 21.7 Å². The van der Waals surface area contributed by atoms with Gasteiger partial charge in [-0.3, -0.25) is 10.1 Å². The van der Waals surface area contributed by atoms with Crippen LogP contribution in [0.15, 0.2) is 35.2 Å². The third-order valence-corrected chi connectivity index (χ3v) is 4.34. The second-order valence-electron chi connectivity index (χ2n) is 4.82. The summed E-state index contributed by atoms with van der Waals surface area (Å²) in [5.41, 5.74) is 1.03. The van der Waals surface area contributed by atoms with Gasteiger partial charge in [0.2, 0.25) is 0 Å². The molecular weight excluding hydrogens is 328 g/mol. The summed E-state index contributed by atoms with van der Waals surface area (Å²) in [5, 5.41) is 11.0. The zero-order valence-electron chi connectivity index (χ0n) is 11.8. The highest BCUT2D eigenvalue weighted by Crippen LogP contribution is 2.36. The van der Waals surface area contributed by atoms with E-state index in [0.29, 0.717) is 16.9 Å². The minimum Gasteiger partial charge on any atom is -0.467 e. The van der Waals surface area contributed by atoms with Gasteiger partial charge in [-0.05, 0) is 18.2 Å². The van der Waals surface area contributed by atoms with Gasteiger partial charge in [0.15, 0.2) is 6.79 Å². The number of rotatable bonds is 4. The first-order valence-corrected chi connectivity index (χ1v) is 7.62. The van der Waals surface area contributed by atoms with E-state index in [1.807, 2.05) is 0 Å². The number of nitrogens with zero attached hydrogens (tertiary/aromatic N) is 1. The first-order chi connectivity index (χ1) is 11.0. The second kappa shape index (κ2) is 6.51. The average Bonchev–Trinajstić information content (AvgIpc) is 2.55. The molecule has 0 amide bonds. The summed E-state index contributed by atoms with van der Waals surface area (Å²) in [7, 11) is 0. The summed E-state index contributed by atoms with van der Waals surface area (Å²) < 4.78 is 37.4. The van der Waals surface area contributed by atoms with Crippen LogP contribution >= 0.6 is 11.8 Å². The summed E-state index contributed by atoms with van der Waals surface area (Å²) in [6, 6.07) is 5.95. The number of benzene rings is 2. The largest absolute Gasteiger partial charge is 0.467 e. The molecule has 0 aromatic heterocycles. The van der Waals surface area contributed by atoms with Gasteiger partial charge in [0, 0.05) is 33.9 Å². The van der Waals surface area contributed by atoms with Crippen molar-refractivity contribution in [2.24, 2.45) is 0 Å². The van der Waals surface area contributed by atoms with E-state index in [0.717, 1.165) is 30.0 Å². The topological polar surface area (TPSA) is 61.6 Å². The molecule has 1 aliphatic rings. The van der Waals surface area contributed by atoms with Gasteiger partial charge in [-0.25, -0.2) is 8.78 Å². The van der Waals surface area contributed by atoms with Crippen molar-refractivity contribution < 1.29 is 23.2 Å². The van der Waals surface area contributed by atoms with E-state index in [4.69, 9.17) is 9.47 Å². The summed E-state index contributed by atoms with van der Waals surface area (Å²) in [6.07, 6.45) is 0. The fraction of sp³-hybridized carbons (Fsp3) is 0.200. The number of hydrogen-bond acceptors (Lipinski definition) is 5. The molecule has 2 aromatic carbocycles. The van der Waals surface area contributed by atoms with Crippen LogP contribution in [0.3, 0.4) is 0 Å². The molecule has 0 saturated heterocycles. The minimum atomic E-state index is -0.542. The molecule has 1 heterocycles. The molecule has 3 rings (SSSR count). The summed E-state index contributed by atoms with van der Waals surface area (Å²) in [4.78, 5) is 10.6. The molecule has 0 radical (unpaired) electrons. The van der Waals surface area contributed by atoms with Crippen molar-refractivity contribution in [2.75, 3.05) is 6.79 Å². The Bertz CT molecular complexity index is 769. The molecule has 0 N–H and O–H groups in total. The molecule has 120 valence electrons. The van der Waals surface area contributed by atoms with Gasteiger partial charge in [-0.2, -0.15) is 0 Å². The number of fused-ring (bicyclic) bond motifs is 1. The highest BCUT2D eigenvalue weighted by Gasteiger charge is 2.21. The fourth-order valence-electron chi connectivity index (χ4n) is 2.24. The van der Waals surface area contributed by atoms with Gasteiger partial charge in [-0.1, -0.05) is 0 Å². The second-order valence-corrected chi connectivity index (χ2v) is 5.84. The Morgan fingerprint density at radius 1 is 1.26 bits per heavy atom. The minimum absolute atomic E-state index is 0.0524. The lowest BCUT2D eigenvalue weighted by Gasteiger charge is -2.20. The lowest BCUT2D eigenvalue weighted by Crippen LogP contribution is -2.13. The molecule has 2 aromatic rings. The SMILES string of the molecule is O=[N+]([O-])c1cc2c(c(CSc3cc(F)ccc3F)c1)OCOC2. The standard InChI is InChI=1S/C15H11F2NO4S/c16-11-1-2-13(17)14(5-11)23-7-10-4-12(18(19)20)3-9-6-21-8-22-15(9)10/h1-5H,6-8H2. The van der Waals surface area contributed by atoms with Crippen molar-refractivity contribution in [1.29, 1.82) is 0 Å². The summed E-state index contributed by atoms with van der Waals surface area (Å²) in [6.45, 7) is 0.264. The Balaban J connectivity index is 1.91. The van der Waals surface area contributed by atoms with Crippen LogP contribution in [0.5, 0.6) is 5.75 Å². The molecule has 0 aliphatic carbocycles. The van der Waals surface area contributed by atoms with Gasteiger partial charge < -0.3 is 9.47 Å². The van der Waals surface area contributed by atoms with Gasteiger partial charge in [0.25, 0.3) is 5.69 Å². The first kappa shape index (κ1) is 15.7. The highest BCUT2D eigenvalue weighted by molar-refractivity contribution is 7.98. The van der Waals surface area contributed by atoms with Crippen LogP contribution in [0.2, 0.25) is 0 Å². The van der Waals surface area contributed by atoms with Crippen molar-refractivity contribution in [3.05, 3.63) is 63.2 Å². The number of thioether (sulfide) groups is 1. The van der Waals surface area contributed by atoms with Crippen molar-refractivity contribution in [2.45, 2.75) is 17.3 Å². The molecule has 23 heavy (non-hydrogen) atoms. The predicted octanol–water partition coefficient (Wildman–Crippen LogP) is 4.03. The number of ether oxygens (including phenoxy) is 2. The first-order valence-electron chi connectivity index (χ1n) is 6.63. The van der Waals surface area contributed by atoms with Crippen LogP contribution in [0.4, 0.5) is 14.5 Å². The third kappa shape index (κ3) is 3.43. The van der Waals surface area contributed by atoms with Crippen LogP contribution in [-0.2, 0) is 17.1 Å². The molecule has 0 unspecified atom stereocenters. The maximum Gasteiger partial charge on any atom is 0.270 e. The Kier molecular flexibility index (Phi) is 4.44. The van der Waals surface area contributed by atoms with Crippen molar-refractivity contribution in [3.63, 3.8) is 0 Å². The molecule has 8 heteroatoms. The zero-order valence-corrected chi connectivity index (χ0v) is 12.6. The van der Waals surface area contributed by atoms with Gasteiger partial charge in [-0.15, -0.1) is 11.8 Å². The molecule has 0 bridgehead atoms. The normalized spacial score (nSPS) is 13.3. The van der Waals surface area contributed by atoms with Crippen LogP contribution in [-0.4, -0.2) is 11.7 Å². The van der Waals surface area contributed by atoms with Crippen molar-refractivity contribution in [1.82, 2.24) is 0 Å². The van der Waals surface area contributed by atoms with E-state index >= 15 is 0 Å². The number of nitro benzene ring substituents is 1. The number of non-ortho nitro benzene ring substituents is 1. The van der Waals surface area contributed by atoms with E-state index in [1.54, 1.807) is 0 Å². The maximum absolute atomic E-state index is 13.7. The van der Waals surface area contributed by atoms with E-state index in [2.05, 4.69) is 0 Å². The molecule has 0 atom stereocenters. The summed E-state index contributed by atoms with van der Waals surface area (Å²) in [5.74, 6) is -0.365. The van der Waals surface area contributed by atoms with E-state index in [1.165, 1.54) is 12.1 Å². The zero-order chi connectivity index (χ0) is 16.4. The molecule has 0 spiro atoms. The third-order valence-electron chi connectivity index (χ3n) is 3.26. The maximum atomic E-state index is 13.7. The van der Waals surface area contributed by atoms with Crippen LogP contribution < -0.4 is 4.74 Å². The monoisotopic (exact) mass is 339 g/mol. The van der Waals surface area contributed by atoms with Gasteiger partial charge in [0.05, 0.1) is 11.5 Å². The highest BCUT2D eigenvalue weighted by atomic mass is 32.2. The number of nitro groups is 1. The molecule has 5 nitrogen and oxygen atoms in total. The lowest BCUT2D eigenvalue weighted by molar-refractivity contribution is -0.385. The summed E-state index contributed by atoms with van der Waals surface area (Å²) >= 11 is 1.05. The van der Waals surface area contributed by atoms with E-state index < -0.39 is 16.6 Å². The Hall–Kier alpha value is -2.19. The smallest absolute Gasteiger partial charge is 0.270 e. The Morgan fingerprint density at radius 3 is 2.87 bits per heavy atom. The lowest BCUT2D eigenvalue weighted by atomic mass is 10.1. The molecule has 1 aliphatic heterocycles. The Labute approximate surface area is 134 Å².